The molecule has 1 N–H and O–H groups in total. The van der Waals surface area contributed by atoms with Crippen molar-refractivity contribution < 1.29 is 14.4 Å². The van der Waals surface area contributed by atoms with Gasteiger partial charge in [0.15, 0.2) is 0 Å². The number of methoxy groups -OCH3 is 1. The van der Waals surface area contributed by atoms with Crippen LogP contribution in [0.2, 0.25) is 0 Å². The minimum atomic E-state index is -0.133. The molecule has 0 heterocycles. The Bertz CT molecular complexity index is 400. The first kappa shape index (κ1) is 12.9. The molecule has 1 fully saturated rings. The second kappa shape index (κ2) is 6.40. The Labute approximate surface area is 107 Å². The van der Waals surface area contributed by atoms with E-state index < -0.39 is 0 Å². The van der Waals surface area contributed by atoms with Crippen molar-refractivity contribution in [3.05, 3.63) is 29.8 Å². The number of ether oxygens (including phenoxy) is 1. The fourth-order valence-electron chi connectivity index (χ4n) is 2.21. The largest absolute Gasteiger partial charge is 0.496 e. The lowest BCUT2D eigenvalue weighted by Gasteiger charge is -2.12. The molecule has 1 aromatic carbocycles. The molecule has 4 nitrogen and oxygen atoms in total. The number of hydrogen-bond donors (Lipinski definition) is 1. The first-order valence-electron chi connectivity index (χ1n) is 6.36. The molecule has 4 heteroatoms. The third-order valence-electron chi connectivity index (χ3n) is 3.19. The van der Waals surface area contributed by atoms with Gasteiger partial charge in [-0.2, -0.15) is 0 Å². The second-order valence-electron chi connectivity index (χ2n) is 4.54. The van der Waals surface area contributed by atoms with Gasteiger partial charge in [0.1, 0.15) is 5.75 Å². The van der Waals surface area contributed by atoms with Gasteiger partial charge in [0.05, 0.1) is 19.6 Å². The predicted octanol–water partition coefficient (Wildman–Crippen LogP) is 2.23. The van der Waals surface area contributed by atoms with Crippen LogP contribution in [-0.2, 0) is 16.1 Å². The Morgan fingerprint density at radius 1 is 1.33 bits per heavy atom. The maximum Gasteiger partial charge on any atom is 0.248 e. The zero-order valence-electron chi connectivity index (χ0n) is 10.6. The zero-order chi connectivity index (χ0) is 12.8. The Balaban J connectivity index is 1.82. The molecule has 0 atom stereocenters. The summed E-state index contributed by atoms with van der Waals surface area (Å²) in [5, 5.41) is 0. The van der Waals surface area contributed by atoms with Crippen LogP contribution in [0.3, 0.4) is 0 Å². The Morgan fingerprint density at radius 2 is 2.06 bits per heavy atom. The molecule has 1 aliphatic carbocycles. The van der Waals surface area contributed by atoms with Crippen LogP contribution in [0.5, 0.6) is 5.75 Å². The molecule has 2 rings (SSSR count). The number of nitrogens with one attached hydrogen (secondary N) is 1. The van der Waals surface area contributed by atoms with Gasteiger partial charge in [-0.25, -0.2) is 5.48 Å². The Morgan fingerprint density at radius 3 is 2.78 bits per heavy atom. The SMILES string of the molecule is COc1ccccc1CC(=O)NOC1CCCC1. The highest BCUT2D eigenvalue weighted by Crippen LogP contribution is 2.20. The smallest absolute Gasteiger partial charge is 0.248 e. The number of hydroxylamine groups is 1. The van der Waals surface area contributed by atoms with Gasteiger partial charge in [-0.1, -0.05) is 31.0 Å². The van der Waals surface area contributed by atoms with Crippen molar-refractivity contribution in [1.82, 2.24) is 5.48 Å². The number of rotatable bonds is 5. The third-order valence-corrected chi connectivity index (χ3v) is 3.19. The molecular formula is C14H19NO3. The Hall–Kier alpha value is -1.55. The minimum Gasteiger partial charge on any atom is -0.496 e. The molecule has 0 saturated heterocycles. The summed E-state index contributed by atoms with van der Waals surface area (Å²) in [6.45, 7) is 0. The van der Waals surface area contributed by atoms with Crippen LogP contribution in [0.15, 0.2) is 24.3 Å². The molecule has 1 saturated carbocycles. The van der Waals surface area contributed by atoms with Gasteiger partial charge in [-0.05, 0) is 18.9 Å². The maximum absolute atomic E-state index is 11.7. The first-order chi connectivity index (χ1) is 8.79. The zero-order valence-corrected chi connectivity index (χ0v) is 10.6. The molecule has 0 aromatic heterocycles. The topological polar surface area (TPSA) is 47.6 Å². The van der Waals surface area contributed by atoms with Crippen LogP contribution in [0.25, 0.3) is 0 Å². The molecule has 0 spiro atoms. The van der Waals surface area contributed by atoms with Crippen molar-refractivity contribution in [1.29, 1.82) is 0 Å². The first-order valence-corrected chi connectivity index (χ1v) is 6.36. The van der Waals surface area contributed by atoms with Crippen molar-refractivity contribution in [2.75, 3.05) is 7.11 Å². The van der Waals surface area contributed by atoms with E-state index in [1.54, 1.807) is 7.11 Å². The van der Waals surface area contributed by atoms with Crippen molar-refractivity contribution in [3.63, 3.8) is 0 Å². The van der Waals surface area contributed by atoms with E-state index in [0.29, 0.717) is 0 Å². The lowest BCUT2D eigenvalue weighted by molar-refractivity contribution is -0.137. The predicted molar refractivity (Wildman–Crippen MR) is 68.2 cm³/mol. The van der Waals surface area contributed by atoms with Crippen LogP contribution < -0.4 is 10.2 Å². The van der Waals surface area contributed by atoms with Crippen molar-refractivity contribution in [2.24, 2.45) is 0 Å². The lowest BCUT2D eigenvalue weighted by Crippen LogP contribution is -2.29. The van der Waals surface area contributed by atoms with Crippen LogP contribution >= 0.6 is 0 Å². The van der Waals surface area contributed by atoms with Crippen molar-refractivity contribution in [3.8, 4) is 5.75 Å². The van der Waals surface area contributed by atoms with Crippen LogP contribution in [0.1, 0.15) is 31.2 Å². The van der Waals surface area contributed by atoms with Gasteiger partial charge in [-0.3, -0.25) is 9.63 Å². The molecule has 0 bridgehead atoms. The molecule has 1 amide bonds. The number of hydrogen-bond acceptors (Lipinski definition) is 3. The van der Waals surface area contributed by atoms with Gasteiger partial charge >= 0.3 is 0 Å². The minimum absolute atomic E-state index is 0.133. The molecular weight excluding hydrogens is 230 g/mol. The molecule has 0 unspecified atom stereocenters. The van der Waals surface area contributed by atoms with Gasteiger partial charge in [0, 0.05) is 5.56 Å². The number of carbonyl (C=O) groups is 1. The summed E-state index contributed by atoms with van der Waals surface area (Å²) < 4.78 is 5.20. The third kappa shape index (κ3) is 3.47. The van der Waals surface area contributed by atoms with Gasteiger partial charge in [0.2, 0.25) is 5.91 Å². The average molecular weight is 249 g/mol. The van der Waals surface area contributed by atoms with Crippen molar-refractivity contribution >= 4 is 5.91 Å². The number of benzene rings is 1. The number of para-hydroxylation sites is 1. The van der Waals surface area contributed by atoms with E-state index in [2.05, 4.69) is 5.48 Å². The summed E-state index contributed by atoms with van der Waals surface area (Å²) >= 11 is 0. The maximum atomic E-state index is 11.7. The van der Waals surface area contributed by atoms with E-state index in [9.17, 15) is 4.79 Å². The fourth-order valence-corrected chi connectivity index (χ4v) is 2.21. The second-order valence-corrected chi connectivity index (χ2v) is 4.54. The van der Waals surface area contributed by atoms with Crippen LogP contribution in [0.4, 0.5) is 0 Å². The van der Waals surface area contributed by atoms with E-state index in [1.165, 1.54) is 12.8 Å². The van der Waals surface area contributed by atoms with Crippen LogP contribution in [0, 0.1) is 0 Å². The Kier molecular flexibility index (Phi) is 4.59. The van der Waals surface area contributed by atoms with E-state index in [0.717, 1.165) is 24.2 Å². The summed E-state index contributed by atoms with van der Waals surface area (Å²) in [6.07, 6.45) is 4.91. The highest BCUT2D eigenvalue weighted by Gasteiger charge is 2.17. The van der Waals surface area contributed by atoms with Gasteiger partial charge in [0.25, 0.3) is 0 Å². The summed E-state index contributed by atoms with van der Waals surface area (Å²) in [5.41, 5.74) is 3.40. The van der Waals surface area contributed by atoms with E-state index in [4.69, 9.17) is 9.57 Å². The van der Waals surface area contributed by atoms with Crippen molar-refractivity contribution in [2.45, 2.75) is 38.2 Å². The van der Waals surface area contributed by atoms with E-state index in [1.807, 2.05) is 24.3 Å². The molecule has 1 aromatic rings. The molecule has 1 aliphatic rings. The summed E-state index contributed by atoms with van der Waals surface area (Å²) in [6, 6.07) is 7.51. The highest BCUT2D eigenvalue weighted by molar-refractivity contribution is 5.78. The highest BCUT2D eigenvalue weighted by atomic mass is 16.7. The lowest BCUT2D eigenvalue weighted by atomic mass is 10.1. The summed E-state index contributed by atoms with van der Waals surface area (Å²) in [7, 11) is 1.60. The molecule has 0 radical (unpaired) electrons. The quantitative estimate of drug-likeness (QED) is 0.814. The van der Waals surface area contributed by atoms with Gasteiger partial charge < -0.3 is 4.74 Å². The standard InChI is InChI=1S/C14H19NO3/c1-17-13-9-5-2-6-11(13)10-14(16)15-18-12-7-3-4-8-12/h2,5-6,9,12H,3-4,7-8,10H2,1H3,(H,15,16). The molecule has 0 aliphatic heterocycles. The number of amides is 1. The monoisotopic (exact) mass is 249 g/mol. The van der Waals surface area contributed by atoms with E-state index in [-0.39, 0.29) is 18.4 Å². The molecule has 98 valence electrons. The summed E-state index contributed by atoms with van der Waals surface area (Å²) in [4.78, 5) is 17.1. The van der Waals surface area contributed by atoms with Gasteiger partial charge in [-0.15, -0.1) is 0 Å². The average Bonchev–Trinajstić information content (AvgIpc) is 2.90. The fraction of sp³-hybridized carbons (Fsp3) is 0.500. The number of carbonyl (C=O) groups excluding carboxylic acids is 1. The van der Waals surface area contributed by atoms with E-state index >= 15 is 0 Å². The molecule has 18 heavy (non-hydrogen) atoms. The normalized spacial score (nSPS) is 15.6. The van der Waals surface area contributed by atoms with Crippen LogP contribution in [-0.4, -0.2) is 19.1 Å². The summed E-state index contributed by atoms with van der Waals surface area (Å²) in [5.74, 6) is 0.597.